The molecule has 0 bridgehead atoms. The second-order valence-corrected chi connectivity index (χ2v) is 11.8. The van der Waals surface area contributed by atoms with Gasteiger partial charge in [0.15, 0.2) is 6.61 Å². The molecule has 2 aromatic carbocycles. The van der Waals surface area contributed by atoms with Crippen LogP contribution in [0.5, 0.6) is 0 Å². The van der Waals surface area contributed by atoms with Gasteiger partial charge in [-0.15, -0.1) is 6.58 Å². The predicted octanol–water partition coefficient (Wildman–Crippen LogP) is 4.77. The Bertz CT molecular complexity index is 1230. The van der Waals surface area contributed by atoms with E-state index in [2.05, 4.69) is 39.7 Å². The summed E-state index contributed by atoms with van der Waals surface area (Å²) >= 11 is 3.30. The number of sulfonamides is 1. The molecule has 1 amide bonds. The van der Waals surface area contributed by atoms with Crippen LogP contribution in [0.2, 0.25) is 0 Å². The van der Waals surface area contributed by atoms with Crippen molar-refractivity contribution in [1.29, 1.82) is 0 Å². The Balaban J connectivity index is 2.19. The monoisotopic (exact) mass is 590 g/mol. The van der Waals surface area contributed by atoms with Crippen molar-refractivity contribution in [3.05, 3.63) is 77.3 Å². The van der Waals surface area contributed by atoms with Crippen molar-refractivity contribution in [1.82, 2.24) is 9.62 Å². The molecule has 198 valence electrons. The number of carbonyl (C=O) groups excluding carboxylic acids is 2. The first-order valence-electron chi connectivity index (χ1n) is 11.5. The molecular formula is C27H31BrN2O6S. The van der Waals surface area contributed by atoms with E-state index < -0.39 is 33.7 Å². The molecule has 37 heavy (non-hydrogen) atoms. The Morgan fingerprint density at radius 2 is 1.76 bits per heavy atom. The molecule has 0 saturated carbocycles. The highest BCUT2D eigenvalue weighted by molar-refractivity contribution is 9.10. The zero-order chi connectivity index (χ0) is 27.5. The number of amides is 1. The summed E-state index contributed by atoms with van der Waals surface area (Å²) in [5.74, 6) is 4.92. The summed E-state index contributed by atoms with van der Waals surface area (Å²) in [5.41, 5.74) is -0.321. The average molecular weight is 592 g/mol. The molecule has 8 nitrogen and oxygen atoms in total. The van der Waals surface area contributed by atoms with Crippen molar-refractivity contribution in [3.63, 3.8) is 0 Å². The van der Waals surface area contributed by atoms with Crippen molar-refractivity contribution in [2.45, 2.75) is 43.7 Å². The Hall–Kier alpha value is -3.13. The van der Waals surface area contributed by atoms with Crippen LogP contribution in [0.15, 0.2) is 76.6 Å². The van der Waals surface area contributed by atoms with E-state index in [1.807, 2.05) is 0 Å². The lowest BCUT2D eigenvalue weighted by Crippen LogP contribution is -2.47. The van der Waals surface area contributed by atoms with E-state index in [9.17, 15) is 18.0 Å². The number of hydrogen-bond donors (Lipinski definition) is 1. The van der Waals surface area contributed by atoms with Gasteiger partial charge in [0.05, 0.1) is 17.0 Å². The molecule has 0 aliphatic rings. The van der Waals surface area contributed by atoms with Crippen LogP contribution in [-0.2, 0) is 19.5 Å². The third-order valence-electron chi connectivity index (χ3n) is 4.71. The van der Waals surface area contributed by atoms with Gasteiger partial charge >= 0.3 is 12.1 Å². The lowest BCUT2D eigenvalue weighted by molar-refractivity contribution is 0.0498. The van der Waals surface area contributed by atoms with Crippen LogP contribution in [0.3, 0.4) is 0 Å². The summed E-state index contributed by atoms with van der Waals surface area (Å²) in [6.07, 6.45) is 1.22. The molecule has 1 atom stereocenters. The van der Waals surface area contributed by atoms with Gasteiger partial charge in [-0.3, -0.25) is 0 Å². The minimum atomic E-state index is -3.97. The second kappa shape index (κ2) is 14.0. The Morgan fingerprint density at radius 1 is 1.11 bits per heavy atom. The fourth-order valence-electron chi connectivity index (χ4n) is 3.06. The summed E-state index contributed by atoms with van der Waals surface area (Å²) in [6, 6.07) is 14.1. The molecule has 10 heteroatoms. The molecule has 0 heterocycles. The highest BCUT2D eigenvalue weighted by atomic mass is 79.9. The van der Waals surface area contributed by atoms with Gasteiger partial charge in [0.1, 0.15) is 5.60 Å². The average Bonchev–Trinajstić information content (AvgIpc) is 2.82. The molecule has 0 saturated heterocycles. The quantitative estimate of drug-likeness (QED) is 0.243. The van der Waals surface area contributed by atoms with E-state index in [4.69, 9.17) is 9.47 Å². The summed E-state index contributed by atoms with van der Waals surface area (Å²) < 4.78 is 39.2. The third-order valence-corrected chi connectivity index (χ3v) is 7.07. The molecule has 0 aromatic heterocycles. The largest absolute Gasteiger partial charge is 0.449 e. The molecule has 0 fully saturated rings. The maximum absolute atomic E-state index is 13.4. The first kappa shape index (κ1) is 30.1. The number of nitrogens with one attached hydrogen (secondary N) is 1. The Morgan fingerprint density at radius 3 is 2.35 bits per heavy atom. The smallest absolute Gasteiger partial charge is 0.407 e. The highest BCUT2D eigenvalue weighted by Crippen LogP contribution is 2.19. The fourth-order valence-corrected chi connectivity index (χ4v) is 4.71. The van der Waals surface area contributed by atoms with Gasteiger partial charge < -0.3 is 14.8 Å². The van der Waals surface area contributed by atoms with Crippen molar-refractivity contribution in [2.24, 2.45) is 0 Å². The van der Waals surface area contributed by atoms with E-state index in [1.165, 1.54) is 12.1 Å². The second-order valence-electron chi connectivity index (χ2n) is 8.91. The number of rotatable bonds is 10. The van der Waals surface area contributed by atoms with Crippen molar-refractivity contribution in [3.8, 4) is 11.8 Å². The molecule has 2 aromatic rings. The van der Waals surface area contributed by atoms with Crippen LogP contribution < -0.4 is 5.32 Å². The van der Waals surface area contributed by atoms with E-state index >= 15 is 0 Å². The molecule has 1 N–H and O–H groups in total. The van der Waals surface area contributed by atoms with Gasteiger partial charge in [0, 0.05) is 17.1 Å². The molecule has 1 unspecified atom stereocenters. The number of alkyl carbamates (subject to hydrolysis) is 1. The Labute approximate surface area is 227 Å². The Kier molecular flexibility index (Phi) is 11.4. The third kappa shape index (κ3) is 10.4. The van der Waals surface area contributed by atoms with Gasteiger partial charge in [-0.2, -0.15) is 4.31 Å². The van der Waals surface area contributed by atoms with Crippen molar-refractivity contribution in [2.75, 3.05) is 19.7 Å². The van der Waals surface area contributed by atoms with Crippen LogP contribution in [0, 0.1) is 11.8 Å². The molecule has 0 radical (unpaired) electrons. The van der Waals surface area contributed by atoms with Gasteiger partial charge in [0.2, 0.25) is 10.0 Å². The zero-order valence-corrected chi connectivity index (χ0v) is 23.5. The van der Waals surface area contributed by atoms with Gasteiger partial charge in [0.25, 0.3) is 0 Å². The van der Waals surface area contributed by atoms with E-state index in [0.717, 1.165) is 8.78 Å². The van der Waals surface area contributed by atoms with Gasteiger partial charge in [-0.25, -0.2) is 18.0 Å². The summed E-state index contributed by atoms with van der Waals surface area (Å²) in [5, 5.41) is 2.71. The minimum absolute atomic E-state index is 0.0719. The molecule has 0 aliphatic carbocycles. The number of halogens is 1. The number of benzene rings is 2. The minimum Gasteiger partial charge on any atom is -0.449 e. The van der Waals surface area contributed by atoms with Gasteiger partial charge in [-0.05, 0) is 63.6 Å². The van der Waals surface area contributed by atoms with Crippen LogP contribution in [0.25, 0.3) is 0 Å². The zero-order valence-electron chi connectivity index (χ0n) is 21.1. The number of ether oxygens (including phenoxy) is 2. The fraction of sp³-hybridized carbons (Fsp3) is 0.333. The molecule has 2 rings (SSSR count). The SMILES string of the molecule is C=CCC(CN(CC#CCOC(=O)c1ccccc1)S(=O)(=O)c1ccc(Br)cc1)NC(=O)OC(C)(C)C. The van der Waals surface area contributed by atoms with Crippen molar-refractivity contribution < 1.29 is 27.5 Å². The topological polar surface area (TPSA) is 102 Å². The molecule has 0 spiro atoms. The standard InChI is InChI=1S/C27H31BrN2O6S/c1-5-11-23(29-26(32)36-27(2,3)4)20-30(37(33,34)24-16-14-22(28)15-17-24)18-9-10-19-35-25(31)21-12-7-6-8-13-21/h5-8,12-17,23H,1,11,18-20H2,2-4H3,(H,29,32). The predicted molar refractivity (Wildman–Crippen MR) is 145 cm³/mol. The van der Waals surface area contributed by atoms with Crippen LogP contribution in [0.4, 0.5) is 4.79 Å². The number of hydrogen-bond acceptors (Lipinski definition) is 6. The lowest BCUT2D eigenvalue weighted by Gasteiger charge is -2.27. The first-order chi connectivity index (χ1) is 17.4. The summed E-state index contributed by atoms with van der Waals surface area (Å²) in [4.78, 5) is 24.5. The summed E-state index contributed by atoms with van der Waals surface area (Å²) in [6.45, 7) is 8.44. The van der Waals surface area contributed by atoms with Crippen molar-refractivity contribution >= 4 is 38.0 Å². The van der Waals surface area contributed by atoms with E-state index in [1.54, 1.807) is 69.3 Å². The summed E-state index contributed by atoms with van der Waals surface area (Å²) in [7, 11) is -3.97. The normalized spacial score (nSPS) is 12.1. The number of esters is 1. The highest BCUT2D eigenvalue weighted by Gasteiger charge is 2.28. The molecular weight excluding hydrogens is 560 g/mol. The van der Waals surface area contributed by atoms with E-state index in [0.29, 0.717) is 12.0 Å². The van der Waals surface area contributed by atoms with Crippen LogP contribution >= 0.6 is 15.9 Å². The first-order valence-corrected chi connectivity index (χ1v) is 13.7. The maximum atomic E-state index is 13.4. The lowest BCUT2D eigenvalue weighted by atomic mass is 10.2. The molecule has 0 aliphatic heterocycles. The van der Waals surface area contributed by atoms with E-state index in [-0.39, 0.29) is 24.6 Å². The number of nitrogens with zero attached hydrogens (tertiary/aromatic N) is 1. The number of carbonyl (C=O) groups is 2. The van der Waals surface area contributed by atoms with Gasteiger partial charge in [-0.1, -0.05) is 52.0 Å². The van der Waals surface area contributed by atoms with Crippen LogP contribution in [-0.4, -0.2) is 56.1 Å². The van der Waals surface area contributed by atoms with Crippen LogP contribution in [0.1, 0.15) is 37.6 Å². The maximum Gasteiger partial charge on any atom is 0.407 e.